The first-order valence-electron chi connectivity index (χ1n) is 4.21. The highest BCUT2D eigenvalue weighted by molar-refractivity contribution is 14.1. The lowest BCUT2D eigenvalue weighted by Gasteiger charge is -2.23. The molecule has 0 bridgehead atoms. The quantitative estimate of drug-likeness (QED) is 0.614. The number of alkyl halides is 2. The average molecular weight is 455 g/mol. The Balaban J connectivity index is 3.23. The fraction of sp³-hybridized carbons (Fsp3) is 0.333. The van der Waals surface area contributed by atoms with E-state index in [0.29, 0.717) is 7.14 Å². The predicted molar refractivity (Wildman–Crippen MR) is 72.5 cm³/mol. The van der Waals surface area contributed by atoms with Crippen LogP contribution in [-0.2, 0) is 0 Å². The van der Waals surface area contributed by atoms with Crippen molar-refractivity contribution >= 4 is 45.2 Å². The van der Waals surface area contributed by atoms with Gasteiger partial charge in [-0.1, -0.05) is 0 Å². The second-order valence-corrected chi connectivity index (χ2v) is 5.63. The second-order valence-electron chi connectivity index (χ2n) is 3.22. The summed E-state index contributed by atoms with van der Waals surface area (Å²) in [6.07, 6.45) is 0. The van der Waals surface area contributed by atoms with Gasteiger partial charge in [0.1, 0.15) is 18.4 Å². The minimum absolute atomic E-state index is 0.0599. The van der Waals surface area contributed by atoms with Crippen molar-refractivity contribution in [3.8, 4) is 5.75 Å². The van der Waals surface area contributed by atoms with Gasteiger partial charge in [0.25, 0.3) is 5.92 Å². The van der Waals surface area contributed by atoms with E-state index in [4.69, 9.17) is 10.8 Å². The molecule has 90 valence electrons. The van der Waals surface area contributed by atoms with Crippen molar-refractivity contribution < 1.29 is 19.0 Å². The molecule has 7 heteroatoms. The van der Waals surface area contributed by atoms with Gasteiger partial charge in [0.05, 0.1) is 3.57 Å². The Morgan fingerprint density at radius 3 is 2.44 bits per heavy atom. The molecule has 1 atom stereocenters. The van der Waals surface area contributed by atoms with E-state index in [9.17, 15) is 13.9 Å². The van der Waals surface area contributed by atoms with Crippen molar-refractivity contribution in [3.05, 3.63) is 24.8 Å². The van der Waals surface area contributed by atoms with Gasteiger partial charge in [-0.05, 0) is 57.3 Å². The zero-order valence-electron chi connectivity index (χ0n) is 7.92. The van der Waals surface area contributed by atoms with Gasteiger partial charge >= 0.3 is 0 Å². The SMILES string of the molecule is N[C@H](c1cc(I)cc(I)c1O)C(F)(F)CO. The van der Waals surface area contributed by atoms with Crippen molar-refractivity contribution in [1.29, 1.82) is 0 Å². The number of aliphatic hydroxyl groups is 1. The molecular weight excluding hydrogens is 446 g/mol. The van der Waals surface area contributed by atoms with E-state index >= 15 is 0 Å². The Morgan fingerprint density at radius 1 is 1.38 bits per heavy atom. The summed E-state index contributed by atoms with van der Waals surface area (Å²) in [5.74, 6) is -3.72. The molecule has 1 aromatic rings. The molecule has 16 heavy (non-hydrogen) atoms. The van der Waals surface area contributed by atoms with E-state index in [1.165, 1.54) is 6.07 Å². The van der Waals surface area contributed by atoms with Crippen LogP contribution in [0.25, 0.3) is 0 Å². The van der Waals surface area contributed by atoms with Gasteiger partial charge in [0.15, 0.2) is 0 Å². The molecule has 0 aliphatic carbocycles. The monoisotopic (exact) mass is 455 g/mol. The Kier molecular flexibility index (Phi) is 4.72. The molecular formula is C9H9F2I2NO2. The molecule has 0 saturated heterocycles. The third-order valence-electron chi connectivity index (χ3n) is 2.06. The maximum absolute atomic E-state index is 13.2. The second kappa shape index (κ2) is 5.27. The van der Waals surface area contributed by atoms with Crippen LogP contribution in [0.2, 0.25) is 0 Å². The van der Waals surface area contributed by atoms with Gasteiger partial charge in [0.2, 0.25) is 0 Å². The van der Waals surface area contributed by atoms with Crippen molar-refractivity contribution in [3.63, 3.8) is 0 Å². The Morgan fingerprint density at radius 2 is 1.94 bits per heavy atom. The van der Waals surface area contributed by atoms with Crippen LogP contribution in [0.5, 0.6) is 5.75 Å². The highest BCUT2D eigenvalue weighted by atomic mass is 127. The summed E-state index contributed by atoms with van der Waals surface area (Å²) in [4.78, 5) is 0. The van der Waals surface area contributed by atoms with Crippen molar-refractivity contribution in [2.75, 3.05) is 6.61 Å². The first-order valence-corrected chi connectivity index (χ1v) is 6.37. The number of aromatic hydroxyl groups is 1. The molecule has 0 saturated carbocycles. The minimum Gasteiger partial charge on any atom is -0.506 e. The van der Waals surface area contributed by atoms with E-state index in [1.807, 2.05) is 45.2 Å². The number of nitrogens with two attached hydrogens (primary N) is 1. The lowest BCUT2D eigenvalue weighted by Crippen LogP contribution is -2.36. The van der Waals surface area contributed by atoms with Crippen molar-refractivity contribution in [2.45, 2.75) is 12.0 Å². The van der Waals surface area contributed by atoms with E-state index in [1.54, 1.807) is 6.07 Å². The molecule has 4 N–H and O–H groups in total. The fourth-order valence-electron chi connectivity index (χ4n) is 1.15. The molecule has 0 amide bonds. The van der Waals surface area contributed by atoms with Crippen LogP contribution in [-0.4, -0.2) is 22.7 Å². The summed E-state index contributed by atoms with van der Waals surface area (Å²) in [5, 5.41) is 18.2. The smallest absolute Gasteiger partial charge is 0.289 e. The predicted octanol–water partition coefficient (Wildman–Crippen LogP) is 2.23. The van der Waals surface area contributed by atoms with Gasteiger partial charge < -0.3 is 15.9 Å². The van der Waals surface area contributed by atoms with E-state index in [2.05, 4.69) is 0 Å². The maximum atomic E-state index is 13.2. The summed E-state index contributed by atoms with van der Waals surface area (Å²) in [6, 6.07) is 1.30. The molecule has 0 spiro atoms. The minimum atomic E-state index is -3.45. The summed E-state index contributed by atoms with van der Waals surface area (Å²) >= 11 is 3.77. The van der Waals surface area contributed by atoms with Gasteiger partial charge in [0, 0.05) is 9.13 Å². The molecule has 3 nitrogen and oxygen atoms in total. The average Bonchev–Trinajstić information content (AvgIpc) is 2.22. The molecule has 1 aromatic carbocycles. The number of halogens is 4. The third kappa shape index (κ3) is 2.93. The zero-order chi connectivity index (χ0) is 12.5. The fourth-order valence-corrected chi connectivity index (χ4v) is 3.04. The highest BCUT2D eigenvalue weighted by Gasteiger charge is 2.39. The Labute approximate surface area is 118 Å². The van der Waals surface area contributed by atoms with Gasteiger partial charge in [-0.25, -0.2) is 8.78 Å². The molecule has 0 unspecified atom stereocenters. The Hall–Kier alpha value is 0.260. The van der Waals surface area contributed by atoms with Crippen LogP contribution in [0.1, 0.15) is 11.6 Å². The van der Waals surface area contributed by atoms with E-state index in [0.717, 1.165) is 0 Å². The largest absolute Gasteiger partial charge is 0.506 e. The van der Waals surface area contributed by atoms with E-state index < -0.39 is 18.6 Å². The van der Waals surface area contributed by atoms with Gasteiger partial charge in [-0.15, -0.1) is 0 Å². The number of hydrogen-bond donors (Lipinski definition) is 3. The molecule has 0 radical (unpaired) electrons. The third-order valence-corrected chi connectivity index (χ3v) is 3.50. The van der Waals surface area contributed by atoms with Crippen LogP contribution in [0.4, 0.5) is 8.78 Å². The van der Waals surface area contributed by atoms with Gasteiger partial charge in [-0.3, -0.25) is 0 Å². The number of phenolic OH excluding ortho intramolecular Hbond substituents is 1. The van der Waals surface area contributed by atoms with Crippen molar-refractivity contribution in [2.24, 2.45) is 5.73 Å². The van der Waals surface area contributed by atoms with Crippen LogP contribution >= 0.6 is 45.2 Å². The number of aliphatic hydroxyl groups excluding tert-OH is 1. The number of rotatable bonds is 3. The molecule has 0 aliphatic heterocycles. The van der Waals surface area contributed by atoms with Crippen LogP contribution in [0.3, 0.4) is 0 Å². The first-order chi connectivity index (χ1) is 7.29. The standard InChI is InChI=1S/C9H9F2I2NO2/c10-9(11,3-15)8(14)5-1-4(12)2-6(13)7(5)16/h1-2,8,15-16H,3,14H2/t8-/m1/s1. The Bertz CT molecular complexity index is 401. The molecule has 0 heterocycles. The summed E-state index contributed by atoms with van der Waals surface area (Å²) in [5.41, 5.74) is 5.29. The maximum Gasteiger partial charge on any atom is 0.289 e. The van der Waals surface area contributed by atoms with Crippen molar-refractivity contribution in [1.82, 2.24) is 0 Å². The van der Waals surface area contributed by atoms with Crippen LogP contribution in [0.15, 0.2) is 12.1 Å². The van der Waals surface area contributed by atoms with Crippen LogP contribution in [0, 0.1) is 7.14 Å². The summed E-state index contributed by atoms with van der Waals surface area (Å²) < 4.78 is 27.5. The number of benzene rings is 1. The summed E-state index contributed by atoms with van der Waals surface area (Å²) in [7, 11) is 0. The molecule has 0 fully saturated rings. The van der Waals surface area contributed by atoms with Gasteiger partial charge in [-0.2, -0.15) is 0 Å². The first kappa shape index (κ1) is 14.3. The normalized spacial score (nSPS) is 13.9. The highest BCUT2D eigenvalue weighted by Crippen LogP contribution is 2.37. The number of hydrogen-bond acceptors (Lipinski definition) is 3. The molecule has 0 aliphatic rings. The lowest BCUT2D eigenvalue weighted by atomic mass is 10.0. The topological polar surface area (TPSA) is 66.5 Å². The van der Waals surface area contributed by atoms with Crippen LogP contribution < -0.4 is 5.73 Å². The van der Waals surface area contributed by atoms with E-state index in [-0.39, 0.29) is 11.3 Å². The number of phenols is 1. The molecule has 1 rings (SSSR count). The molecule has 0 aromatic heterocycles. The zero-order valence-corrected chi connectivity index (χ0v) is 12.2. The summed E-state index contributed by atoms with van der Waals surface area (Å²) in [6.45, 7) is -1.35. The lowest BCUT2D eigenvalue weighted by molar-refractivity contribution is -0.0716.